The number of nitro benzene ring substituents is 1. The summed E-state index contributed by atoms with van der Waals surface area (Å²) in [5.41, 5.74) is 8.25. The molecule has 0 aliphatic heterocycles. The van der Waals surface area contributed by atoms with Crippen molar-refractivity contribution in [3.63, 3.8) is 0 Å². The van der Waals surface area contributed by atoms with E-state index in [-0.39, 0.29) is 16.5 Å². The van der Waals surface area contributed by atoms with E-state index in [0.29, 0.717) is 6.54 Å². The van der Waals surface area contributed by atoms with Crippen LogP contribution in [0.5, 0.6) is 0 Å². The van der Waals surface area contributed by atoms with Crippen LogP contribution in [-0.2, 0) is 0 Å². The molecule has 0 fully saturated rings. The monoisotopic (exact) mass is 234 g/mol. The highest BCUT2D eigenvalue weighted by Crippen LogP contribution is 2.27. The molecule has 4 nitrogen and oxygen atoms in total. The van der Waals surface area contributed by atoms with Gasteiger partial charge in [0.15, 0.2) is 0 Å². The lowest BCUT2D eigenvalue weighted by Gasteiger charge is -2.07. The smallest absolute Gasteiger partial charge is 0.273 e. The zero-order chi connectivity index (χ0) is 13.0. The lowest BCUT2D eigenvalue weighted by molar-refractivity contribution is -0.385. The van der Waals surface area contributed by atoms with Crippen LogP contribution >= 0.6 is 0 Å². The third kappa shape index (κ3) is 3.39. The third-order valence-corrected chi connectivity index (χ3v) is 2.61. The predicted octanol–water partition coefficient (Wildman–Crippen LogP) is 3.08. The van der Waals surface area contributed by atoms with Crippen LogP contribution in [0.1, 0.15) is 37.8 Å². The Morgan fingerprint density at radius 2 is 2.18 bits per heavy atom. The van der Waals surface area contributed by atoms with Crippen LogP contribution in [0, 0.1) is 10.1 Å². The van der Waals surface area contributed by atoms with Crippen molar-refractivity contribution in [3.8, 4) is 0 Å². The predicted molar refractivity (Wildman–Crippen MR) is 69.9 cm³/mol. The van der Waals surface area contributed by atoms with Gasteiger partial charge in [-0.15, -0.1) is 0 Å². The zero-order valence-corrected chi connectivity index (χ0v) is 10.4. The summed E-state index contributed by atoms with van der Waals surface area (Å²) >= 11 is 0. The number of nitro groups is 1. The second-order valence-corrected chi connectivity index (χ2v) is 4.42. The summed E-state index contributed by atoms with van der Waals surface area (Å²) in [4.78, 5) is 10.7. The fourth-order valence-electron chi connectivity index (χ4n) is 1.64. The Morgan fingerprint density at radius 3 is 2.65 bits per heavy atom. The van der Waals surface area contributed by atoms with Crippen molar-refractivity contribution in [2.24, 2.45) is 5.73 Å². The van der Waals surface area contributed by atoms with Gasteiger partial charge < -0.3 is 5.73 Å². The highest BCUT2D eigenvalue weighted by atomic mass is 16.6. The maximum absolute atomic E-state index is 11.0. The molecule has 1 rings (SSSR count). The highest BCUT2D eigenvalue weighted by molar-refractivity contribution is 5.58. The van der Waals surface area contributed by atoms with Crippen molar-refractivity contribution in [1.29, 1.82) is 0 Å². The number of benzene rings is 1. The standard InChI is InChI=1S/C13H18N2O2/c1-9(2)12-5-4-11(6-10(3)8-14)7-13(12)15(16)17/h4-7,9H,8,14H2,1-3H3. The van der Waals surface area contributed by atoms with Gasteiger partial charge in [-0.2, -0.15) is 0 Å². The van der Waals surface area contributed by atoms with E-state index in [2.05, 4.69) is 0 Å². The van der Waals surface area contributed by atoms with Crippen LogP contribution in [0.3, 0.4) is 0 Å². The lowest BCUT2D eigenvalue weighted by atomic mass is 9.98. The second-order valence-electron chi connectivity index (χ2n) is 4.42. The Labute approximate surface area is 101 Å². The van der Waals surface area contributed by atoms with Crippen molar-refractivity contribution >= 4 is 11.8 Å². The number of nitrogens with two attached hydrogens (primary N) is 1. The topological polar surface area (TPSA) is 69.2 Å². The molecule has 0 saturated heterocycles. The van der Waals surface area contributed by atoms with E-state index in [1.54, 1.807) is 6.07 Å². The average molecular weight is 234 g/mol. The van der Waals surface area contributed by atoms with Gasteiger partial charge in [-0.25, -0.2) is 0 Å². The molecular formula is C13H18N2O2. The summed E-state index contributed by atoms with van der Waals surface area (Å²) in [5, 5.41) is 11.0. The van der Waals surface area contributed by atoms with Crippen LogP contribution in [0.4, 0.5) is 5.69 Å². The molecule has 2 N–H and O–H groups in total. The minimum absolute atomic E-state index is 0.143. The van der Waals surface area contributed by atoms with E-state index in [1.165, 1.54) is 0 Å². The number of hydrogen-bond acceptors (Lipinski definition) is 3. The van der Waals surface area contributed by atoms with Crippen LogP contribution in [0.2, 0.25) is 0 Å². The Balaban J connectivity index is 3.24. The first kappa shape index (κ1) is 13.4. The Hall–Kier alpha value is -1.68. The van der Waals surface area contributed by atoms with Gasteiger partial charge in [0.05, 0.1) is 4.92 Å². The fraction of sp³-hybridized carbons (Fsp3) is 0.385. The quantitative estimate of drug-likeness (QED) is 0.643. The molecule has 0 heterocycles. The summed E-state index contributed by atoms with van der Waals surface area (Å²) in [5.74, 6) is 0.143. The fourth-order valence-corrected chi connectivity index (χ4v) is 1.64. The van der Waals surface area contributed by atoms with Gasteiger partial charge in [-0.1, -0.05) is 37.6 Å². The summed E-state index contributed by atoms with van der Waals surface area (Å²) in [6, 6.07) is 5.31. The van der Waals surface area contributed by atoms with Gasteiger partial charge in [-0.3, -0.25) is 10.1 Å². The lowest BCUT2D eigenvalue weighted by Crippen LogP contribution is -2.00. The maximum Gasteiger partial charge on any atom is 0.273 e. The molecule has 0 aliphatic rings. The Morgan fingerprint density at radius 1 is 1.53 bits per heavy atom. The zero-order valence-electron chi connectivity index (χ0n) is 10.4. The maximum atomic E-state index is 11.0. The SMILES string of the molecule is CC(=Cc1ccc(C(C)C)c([N+](=O)[O-])c1)CN. The molecule has 0 radical (unpaired) electrons. The first-order valence-corrected chi connectivity index (χ1v) is 5.61. The van der Waals surface area contributed by atoms with Crippen LogP contribution < -0.4 is 5.73 Å². The molecule has 0 aliphatic carbocycles. The van der Waals surface area contributed by atoms with Gasteiger partial charge in [0, 0.05) is 18.2 Å². The molecule has 17 heavy (non-hydrogen) atoms. The van der Waals surface area contributed by atoms with Gasteiger partial charge in [0.25, 0.3) is 5.69 Å². The molecule has 0 bridgehead atoms. The first-order chi connectivity index (χ1) is 7.95. The van der Waals surface area contributed by atoms with Crippen LogP contribution in [0.15, 0.2) is 23.8 Å². The first-order valence-electron chi connectivity index (χ1n) is 5.61. The molecule has 0 saturated carbocycles. The summed E-state index contributed by atoms with van der Waals surface area (Å²) in [6.07, 6.45) is 1.87. The molecule has 4 heteroatoms. The number of rotatable bonds is 4. The largest absolute Gasteiger partial charge is 0.327 e. The van der Waals surface area contributed by atoms with Gasteiger partial charge in [0.2, 0.25) is 0 Å². The Kier molecular flexibility index (Phi) is 4.40. The summed E-state index contributed by atoms with van der Waals surface area (Å²) in [7, 11) is 0. The van der Waals surface area contributed by atoms with Crippen molar-refractivity contribution in [3.05, 3.63) is 45.0 Å². The van der Waals surface area contributed by atoms with E-state index >= 15 is 0 Å². The van der Waals surface area contributed by atoms with E-state index in [9.17, 15) is 10.1 Å². The molecule has 1 aromatic carbocycles. The molecule has 1 aromatic rings. The van der Waals surface area contributed by atoms with Crippen molar-refractivity contribution in [2.45, 2.75) is 26.7 Å². The molecule has 0 atom stereocenters. The third-order valence-electron chi connectivity index (χ3n) is 2.61. The van der Waals surface area contributed by atoms with Crippen LogP contribution in [0.25, 0.3) is 6.08 Å². The average Bonchev–Trinajstić information content (AvgIpc) is 2.28. The van der Waals surface area contributed by atoms with E-state index in [0.717, 1.165) is 16.7 Å². The van der Waals surface area contributed by atoms with Gasteiger partial charge >= 0.3 is 0 Å². The van der Waals surface area contributed by atoms with Crippen molar-refractivity contribution in [1.82, 2.24) is 0 Å². The molecule has 0 spiro atoms. The minimum Gasteiger partial charge on any atom is -0.327 e. The number of hydrogen-bond donors (Lipinski definition) is 1. The minimum atomic E-state index is -0.329. The normalized spacial score (nSPS) is 11.9. The Bertz CT molecular complexity index is 451. The van der Waals surface area contributed by atoms with Crippen molar-refractivity contribution < 1.29 is 4.92 Å². The second kappa shape index (κ2) is 5.59. The molecule has 0 aromatic heterocycles. The summed E-state index contributed by atoms with van der Waals surface area (Å²) < 4.78 is 0. The van der Waals surface area contributed by atoms with Gasteiger partial charge in [0.1, 0.15) is 0 Å². The highest BCUT2D eigenvalue weighted by Gasteiger charge is 2.16. The summed E-state index contributed by atoms with van der Waals surface area (Å²) in [6.45, 7) is 6.26. The number of nitrogens with zero attached hydrogens (tertiary/aromatic N) is 1. The van der Waals surface area contributed by atoms with E-state index in [1.807, 2.05) is 39.0 Å². The molecule has 92 valence electrons. The van der Waals surface area contributed by atoms with Crippen molar-refractivity contribution in [2.75, 3.05) is 6.54 Å². The van der Waals surface area contributed by atoms with E-state index in [4.69, 9.17) is 5.73 Å². The molecule has 0 unspecified atom stereocenters. The van der Waals surface area contributed by atoms with Gasteiger partial charge in [-0.05, 0) is 18.4 Å². The van der Waals surface area contributed by atoms with E-state index < -0.39 is 0 Å². The van der Waals surface area contributed by atoms with Crippen LogP contribution in [-0.4, -0.2) is 11.5 Å². The molecule has 0 amide bonds. The molecular weight excluding hydrogens is 216 g/mol.